The first-order valence-electron chi connectivity index (χ1n) is 6.35. The number of aliphatic hydroxyl groups is 1. The van der Waals surface area contributed by atoms with Crippen LogP contribution < -0.4 is 5.32 Å². The molecule has 0 spiro atoms. The van der Waals surface area contributed by atoms with Crippen molar-refractivity contribution in [1.82, 2.24) is 5.32 Å². The van der Waals surface area contributed by atoms with Gasteiger partial charge in [-0.2, -0.15) is 0 Å². The summed E-state index contributed by atoms with van der Waals surface area (Å²) in [6, 6.07) is 0. The van der Waals surface area contributed by atoms with E-state index < -0.39 is 0 Å². The van der Waals surface area contributed by atoms with Crippen LogP contribution in [0.25, 0.3) is 0 Å². The largest absolute Gasteiger partial charge is 0.396 e. The Labute approximate surface area is 99.6 Å². The van der Waals surface area contributed by atoms with E-state index in [-0.39, 0.29) is 23.8 Å². The van der Waals surface area contributed by atoms with Crippen molar-refractivity contribution in [3.05, 3.63) is 0 Å². The maximum Gasteiger partial charge on any atom is 0.223 e. The topological polar surface area (TPSA) is 49.3 Å². The van der Waals surface area contributed by atoms with E-state index in [4.69, 9.17) is 5.11 Å². The predicted octanol–water partition coefficient (Wildman–Crippen LogP) is 2.34. The Morgan fingerprint density at radius 3 is 2.12 bits per heavy atom. The van der Waals surface area contributed by atoms with Gasteiger partial charge in [0.25, 0.3) is 0 Å². The van der Waals surface area contributed by atoms with Crippen molar-refractivity contribution in [2.75, 3.05) is 13.2 Å². The molecule has 0 saturated heterocycles. The third-order valence-electron chi connectivity index (χ3n) is 2.81. The molecule has 0 aliphatic carbocycles. The van der Waals surface area contributed by atoms with E-state index in [1.165, 1.54) is 0 Å². The molecule has 0 aromatic carbocycles. The molecule has 0 heterocycles. The smallest absolute Gasteiger partial charge is 0.223 e. The number of carbonyl (C=O) groups excluding carboxylic acids is 1. The van der Waals surface area contributed by atoms with Crippen LogP contribution >= 0.6 is 0 Å². The summed E-state index contributed by atoms with van der Waals surface area (Å²) in [6.07, 6.45) is 4.00. The Morgan fingerprint density at radius 1 is 1.25 bits per heavy atom. The molecule has 0 radical (unpaired) electrons. The van der Waals surface area contributed by atoms with Crippen LogP contribution in [0, 0.1) is 11.3 Å². The van der Waals surface area contributed by atoms with Crippen LogP contribution in [0.1, 0.15) is 53.4 Å². The molecule has 0 fully saturated rings. The Bertz CT molecular complexity index is 196. The SMILES string of the molecule is CCCC(CCC)C(=O)NCC(C)(C)CO. The quantitative estimate of drug-likeness (QED) is 0.671. The van der Waals surface area contributed by atoms with Crippen LogP contribution in [0.2, 0.25) is 0 Å². The van der Waals surface area contributed by atoms with Crippen LogP contribution in [0.5, 0.6) is 0 Å². The van der Waals surface area contributed by atoms with E-state index in [1.807, 2.05) is 13.8 Å². The second-order valence-electron chi connectivity index (χ2n) is 5.31. The van der Waals surface area contributed by atoms with Gasteiger partial charge in [0, 0.05) is 24.5 Å². The van der Waals surface area contributed by atoms with Crippen molar-refractivity contribution in [2.45, 2.75) is 53.4 Å². The fraction of sp³-hybridized carbons (Fsp3) is 0.923. The lowest BCUT2D eigenvalue weighted by atomic mass is 9.93. The highest BCUT2D eigenvalue weighted by Gasteiger charge is 2.21. The fourth-order valence-corrected chi connectivity index (χ4v) is 1.63. The van der Waals surface area contributed by atoms with Gasteiger partial charge in [-0.25, -0.2) is 0 Å². The van der Waals surface area contributed by atoms with Gasteiger partial charge in [-0.05, 0) is 12.8 Å². The first kappa shape index (κ1) is 15.4. The summed E-state index contributed by atoms with van der Waals surface area (Å²) >= 11 is 0. The Kier molecular flexibility index (Phi) is 7.39. The molecule has 96 valence electrons. The van der Waals surface area contributed by atoms with Gasteiger partial charge in [-0.3, -0.25) is 4.79 Å². The number of hydrogen-bond acceptors (Lipinski definition) is 2. The highest BCUT2D eigenvalue weighted by Crippen LogP contribution is 2.15. The van der Waals surface area contributed by atoms with Crippen molar-refractivity contribution in [2.24, 2.45) is 11.3 Å². The van der Waals surface area contributed by atoms with Gasteiger partial charge in [0.1, 0.15) is 0 Å². The Morgan fingerprint density at radius 2 is 1.75 bits per heavy atom. The molecular weight excluding hydrogens is 202 g/mol. The van der Waals surface area contributed by atoms with Crippen LogP contribution in [0.15, 0.2) is 0 Å². The van der Waals surface area contributed by atoms with E-state index in [0.29, 0.717) is 6.54 Å². The molecule has 2 N–H and O–H groups in total. The van der Waals surface area contributed by atoms with E-state index >= 15 is 0 Å². The van der Waals surface area contributed by atoms with Crippen LogP contribution in [0.3, 0.4) is 0 Å². The average Bonchev–Trinajstić information content (AvgIpc) is 2.26. The molecule has 3 heteroatoms. The highest BCUT2D eigenvalue weighted by atomic mass is 16.3. The molecule has 0 atom stereocenters. The highest BCUT2D eigenvalue weighted by molar-refractivity contribution is 5.78. The number of nitrogens with one attached hydrogen (secondary N) is 1. The maximum atomic E-state index is 11.9. The molecule has 3 nitrogen and oxygen atoms in total. The van der Waals surface area contributed by atoms with Crippen molar-refractivity contribution < 1.29 is 9.90 Å². The van der Waals surface area contributed by atoms with Crippen LogP contribution in [0.4, 0.5) is 0 Å². The number of rotatable bonds is 8. The molecule has 0 aromatic heterocycles. The zero-order chi connectivity index (χ0) is 12.6. The molecule has 0 aliphatic heterocycles. The number of amides is 1. The van der Waals surface area contributed by atoms with Crippen molar-refractivity contribution in [3.63, 3.8) is 0 Å². The summed E-state index contributed by atoms with van der Waals surface area (Å²) in [4.78, 5) is 11.9. The minimum absolute atomic E-state index is 0.0967. The molecule has 0 unspecified atom stereocenters. The Balaban J connectivity index is 4.09. The van der Waals surface area contributed by atoms with Crippen molar-refractivity contribution >= 4 is 5.91 Å². The van der Waals surface area contributed by atoms with Crippen molar-refractivity contribution in [1.29, 1.82) is 0 Å². The standard InChI is InChI=1S/C13H27NO2/c1-5-7-11(8-6-2)12(16)14-9-13(3,4)10-15/h11,15H,5-10H2,1-4H3,(H,14,16). The minimum atomic E-state index is -0.224. The summed E-state index contributed by atoms with van der Waals surface area (Å²) in [5.41, 5.74) is -0.224. The fourth-order valence-electron chi connectivity index (χ4n) is 1.63. The van der Waals surface area contributed by atoms with Gasteiger partial charge in [0.05, 0.1) is 0 Å². The van der Waals surface area contributed by atoms with E-state index in [1.54, 1.807) is 0 Å². The van der Waals surface area contributed by atoms with Crippen molar-refractivity contribution in [3.8, 4) is 0 Å². The zero-order valence-electron chi connectivity index (χ0n) is 11.2. The molecular formula is C13H27NO2. The number of carbonyl (C=O) groups is 1. The molecule has 1 amide bonds. The van der Waals surface area contributed by atoms with Crippen LogP contribution in [-0.2, 0) is 4.79 Å². The maximum absolute atomic E-state index is 11.9. The lowest BCUT2D eigenvalue weighted by Gasteiger charge is -2.24. The number of aliphatic hydroxyl groups excluding tert-OH is 1. The molecule has 0 rings (SSSR count). The van der Waals surface area contributed by atoms with Gasteiger partial charge in [-0.1, -0.05) is 40.5 Å². The summed E-state index contributed by atoms with van der Waals surface area (Å²) in [7, 11) is 0. The summed E-state index contributed by atoms with van der Waals surface area (Å²) in [6.45, 7) is 8.75. The average molecular weight is 229 g/mol. The third kappa shape index (κ3) is 6.11. The summed E-state index contributed by atoms with van der Waals surface area (Å²) in [5.74, 6) is 0.287. The molecule has 0 bridgehead atoms. The van der Waals surface area contributed by atoms with E-state index in [0.717, 1.165) is 25.7 Å². The molecule has 0 saturated carbocycles. The Hall–Kier alpha value is -0.570. The third-order valence-corrected chi connectivity index (χ3v) is 2.81. The minimum Gasteiger partial charge on any atom is -0.396 e. The normalized spacial score (nSPS) is 11.9. The number of hydrogen-bond donors (Lipinski definition) is 2. The van der Waals surface area contributed by atoms with Gasteiger partial charge >= 0.3 is 0 Å². The van der Waals surface area contributed by atoms with Gasteiger partial charge in [0.2, 0.25) is 5.91 Å². The van der Waals surface area contributed by atoms with Gasteiger partial charge in [0.15, 0.2) is 0 Å². The summed E-state index contributed by atoms with van der Waals surface area (Å²) < 4.78 is 0. The van der Waals surface area contributed by atoms with Crippen LogP contribution in [-0.4, -0.2) is 24.2 Å². The molecule has 0 aliphatic rings. The second-order valence-corrected chi connectivity index (χ2v) is 5.31. The first-order chi connectivity index (χ1) is 7.46. The molecule has 0 aromatic rings. The monoisotopic (exact) mass is 229 g/mol. The summed E-state index contributed by atoms with van der Waals surface area (Å²) in [5, 5.41) is 12.0. The lowest BCUT2D eigenvalue weighted by molar-refractivity contribution is -0.126. The van der Waals surface area contributed by atoms with Gasteiger partial charge < -0.3 is 10.4 Å². The predicted molar refractivity (Wildman–Crippen MR) is 67.2 cm³/mol. The van der Waals surface area contributed by atoms with E-state index in [9.17, 15) is 4.79 Å². The van der Waals surface area contributed by atoms with E-state index in [2.05, 4.69) is 19.2 Å². The lowest BCUT2D eigenvalue weighted by Crippen LogP contribution is -2.39. The first-order valence-corrected chi connectivity index (χ1v) is 6.35. The zero-order valence-corrected chi connectivity index (χ0v) is 11.2. The van der Waals surface area contributed by atoms with Gasteiger partial charge in [-0.15, -0.1) is 0 Å². The molecule has 16 heavy (non-hydrogen) atoms. The second kappa shape index (κ2) is 7.66.